The van der Waals surface area contributed by atoms with Crippen LogP contribution in [0.5, 0.6) is 0 Å². The Labute approximate surface area is 117 Å². The fourth-order valence-corrected chi connectivity index (χ4v) is 1.87. The number of anilines is 1. The maximum Gasteiger partial charge on any atom is 0.249 e. The normalized spacial score (nSPS) is 19.4. The minimum absolute atomic E-state index is 0.0937. The largest absolute Gasteiger partial charge is 0.320 e. The van der Waals surface area contributed by atoms with E-state index in [-0.39, 0.29) is 18.4 Å². The highest BCUT2D eigenvalue weighted by Gasteiger charge is 2.31. The van der Waals surface area contributed by atoms with Crippen molar-refractivity contribution in [3.8, 4) is 0 Å². The average Bonchev–Trinajstić information content (AvgIpc) is 2.41. The minimum Gasteiger partial charge on any atom is -0.320 e. The highest BCUT2D eigenvalue weighted by molar-refractivity contribution is 6.04. The SMILES string of the molecule is CC(C)NCc1cnc(N2CC(=O)NC(=O)C2C)nc1. The van der Waals surface area contributed by atoms with Gasteiger partial charge in [-0.15, -0.1) is 0 Å². The number of hydrogen-bond acceptors (Lipinski definition) is 6. The molecule has 0 aliphatic carbocycles. The van der Waals surface area contributed by atoms with Crippen LogP contribution in [-0.4, -0.2) is 40.4 Å². The lowest BCUT2D eigenvalue weighted by molar-refractivity contribution is -0.132. The van der Waals surface area contributed by atoms with Crippen molar-refractivity contribution in [1.29, 1.82) is 0 Å². The summed E-state index contributed by atoms with van der Waals surface area (Å²) in [5.41, 5.74) is 0.961. The zero-order valence-corrected chi connectivity index (χ0v) is 11.9. The van der Waals surface area contributed by atoms with Crippen molar-refractivity contribution in [3.63, 3.8) is 0 Å². The van der Waals surface area contributed by atoms with Crippen LogP contribution in [0.25, 0.3) is 0 Å². The van der Waals surface area contributed by atoms with Gasteiger partial charge in [0.15, 0.2) is 0 Å². The van der Waals surface area contributed by atoms with Crippen LogP contribution in [0.15, 0.2) is 12.4 Å². The molecule has 0 radical (unpaired) electrons. The van der Waals surface area contributed by atoms with Gasteiger partial charge in [-0.3, -0.25) is 14.9 Å². The number of nitrogens with zero attached hydrogens (tertiary/aromatic N) is 3. The standard InChI is InChI=1S/C13H19N5O2/c1-8(2)14-4-10-5-15-13(16-6-10)18-7-11(19)17-12(20)9(18)3/h5-6,8-9,14H,4,7H2,1-3H3,(H,17,19,20). The topological polar surface area (TPSA) is 87.2 Å². The summed E-state index contributed by atoms with van der Waals surface area (Å²) in [6, 6.07) is -0.0644. The molecule has 1 saturated heterocycles. The van der Waals surface area contributed by atoms with Crippen LogP contribution in [0.2, 0.25) is 0 Å². The Hall–Kier alpha value is -2.02. The Kier molecular flexibility index (Phi) is 4.29. The van der Waals surface area contributed by atoms with Crippen LogP contribution in [0, 0.1) is 0 Å². The number of hydrogen-bond donors (Lipinski definition) is 2. The van der Waals surface area contributed by atoms with Crippen LogP contribution in [0.4, 0.5) is 5.95 Å². The number of amides is 2. The molecule has 2 rings (SSSR count). The highest BCUT2D eigenvalue weighted by Crippen LogP contribution is 2.13. The number of carbonyl (C=O) groups is 2. The predicted octanol–water partition coefficient (Wildman–Crippen LogP) is -0.174. The lowest BCUT2D eigenvalue weighted by atomic mass is 10.2. The third-order valence-electron chi connectivity index (χ3n) is 3.09. The smallest absolute Gasteiger partial charge is 0.249 e. The monoisotopic (exact) mass is 277 g/mol. The van der Waals surface area contributed by atoms with Gasteiger partial charge in [0.1, 0.15) is 12.6 Å². The number of imide groups is 1. The molecule has 1 aliphatic rings. The van der Waals surface area contributed by atoms with E-state index in [2.05, 4.69) is 34.4 Å². The Morgan fingerprint density at radius 1 is 1.40 bits per heavy atom. The Bertz CT molecular complexity index is 500. The van der Waals surface area contributed by atoms with E-state index < -0.39 is 6.04 Å². The molecule has 1 aromatic rings. The van der Waals surface area contributed by atoms with Crippen molar-refractivity contribution in [1.82, 2.24) is 20.6 Å². The lowest BCUT2D eigenvalue weighted by Gasteiger charge is -2.31. The fourth-order valence-electron chi connectivity index (χ4n) is 1.87. The number of nitrogens with one attached hydrogen (secondary N) is 2. The molecular formula is C13H19N5O2. The molecule has 0 spiro atoms. The highest BCUT2D eigenvalue weighted by atomic mass is 16.2. The van der Waals surface area contributed by atoms with Crippen molar-refractivity contribution in [3.05, 3.63) is 18.0 Å². The summed E-state index contributed by atoms with van der Waals surface area (Å²) in [7, 11) is 0. The molecule has 20 heavy (non-hydrogen) atoms. The minimum atomic E-state index is -0.452. The molecule has 1 unspecified atom stereocenters. The summed E-state index contributed by atoms with van der Waals surface area (Å²) >= 11 is 0. The van der Waals surface area contributed by atoms with Gasteiger partial charge in [0, 0.05) is 30.5 Å². The lowest BCUT2D eigenvalue weighted by Crippen LogP contribution is -2.57. The number of aromatic nitrogens is 2. The van der Waals surface area contributed by atoms with E-state index in [4.69, 9.17) is 0 Å². The fraction of sp³-hybridized carbons (Fsp3) is 0.538. The molecular weight excluding hydrogens is 258 g/mol. The third-order valence-corrected chi connectivity index (χ3v) is 3.09. The van der Waals surface area contributed by atoms with E-state index in [1.165, 1.54) is 0 Å². The zero-order chi connectivity index (χ0) is 14.7. The van der Waals surface area contributed by atoms with Crippen LogP contribution < -0.4 is 15.5 Å². The van der Waals surface area contributed by atoms with Gasteiger partial charge < -0.3 is 10.2 Å². The van der Waals surface area contributed by atoms with Gasteiger partial charge in [0.05, 0.1) is 0 Å². The maximum absolute atomic E-state index is 11.6. The summed E-state index contributed by atoms with van der Waals surface area (Å²) in [6.07, 6.45) is 3.42. The van der Waals surface area contributed by atoms with Crippen LogP contribution in [-0.2, 0) is 16.1 Å². The molecule has 2 amide bonds. The van der Waals surface area contributed by atoms with Crippen molar-refractivity contribution in [2.24, 2.45) is 0 Å². The summed E-state index contributed by atoms with van der Waals surface area (Å²) in [6.45, 7) is 6.63. The van der Waals surface area contributed by atoms with Gasteiger partial charge in [-0.05, 0) is 6.92 Å². The van der Waals surface area contributed by atoms with Gasteiger partial charge >= 0.3 is 0 Å². The van der Waals surface area contributed by atoms with E-state index >= 15 is 0 Å². The Morgan fingerprint density at radius 3 is 2.65 bits per heavy atom. The van der Waals surface area contributed by atoms with Gasteiger partial charge in [-0.1, -0.05) is 13.8 Å². The van der Waals surface area contributed by atoms with Gasteiger partial charge in [-0.25, -0.2) is 9.97 Å². The quantitative estimate of drug-likeness (QED) is 0.743. The summed E-state index contributed by atoms with van der Waals surface area (Å²) in [4.78, 5) is 33.1. The first kappa shape index (κ1) is 14.4. The summed E-state index contributed by atoms with van der Waals surface area (Å²) < 4.78 is 0. The number of carbonyl (C=O) groups excluding carboxylic acids is 2. The summed E-state index contributed by atoms with van der Waals surface area (Å²) in [5.74, 6) is -0.258. The first-order valence-corrected chi connectivity index (χ1v) is 6.62. The van der Waals surface area contributed by atoms with Gasteiger partial charge in [0.25, 0.3) is 0 Å². The molecule has 1 aliphatic heterocycles. The molecule has 0 saturated carbocycles. The molecule has 0 aromatic carbocycles. The van der Waals surface area contributed by atoms with E-state index in [9.17, 15) is 9.59 Å². The third kappa shape index (κ3) is 3.30. The average molecular weight is 277 g/mol. The second-order valence-electron chi connectivity index (χ2n) is 5.14. The second-order valence-corrected chi connectivity index (χ2v) is 5.14. The van der Waals surface area contributed by atoms with Crippen LogP contribution >= 0.6 is 0 Å². The number of rotatable bonds is 4. The molecule has 2 heterocycles. The van der Waals surface area contributed by atoms with Crippen molar-refractivity contribution in [2.75, 3.05) is 11.4 Å². The van der Waals surface area contributed by atoms with Gasteiger partial charge in [-0.2, -0.15) is 0 Å². The summed E-state index contributed by atoms with van der Waals surface area (Å²) in [5, 5.41) is 5.56. The van der Waals surface area contributed by atoms with E-state index in [1.54, 1.807) is 24.2 Å². The van der Waals surface area contributed by atoms with E-state index in [1.807, 2.05) is 0 Å². The van der Waals surface area contributed by atoms with E-state index in [0.29, 0.717) is 18.5 Å². The van der Waals surface area contributed by atoms with E-state index in [0.717, 1.165) is 5.56 Å². The first-order chi connectivity index (χ1) is 9.47. The van der Waals surface area contributed by atoms with Gasteiger partial charge in [0.2, 0.25) is 17.8 Å². The molecule has 2 N–H and O–H groups in total. The van der Waals surface area contributed by atoms with Crippen molar-refractivity contribution in [2.45, 2.75) is 39.4 Å². The second kappa shape index (κ2) is 5.96. The van der Waals surface area contributed by atoms with Crippen LogP contribution in [0.1, 0.15) is 26.3 Å². The number of piperazine rings is 1. The molecule has 0 bridgehead atoms. The molecule has 1 atom stereocenters. The Balaban J connectivity index is 2.08. The Morgan fingerprint density at radius 2 is 2.05 bits per heavy atom. The van der Waals surface area contributed by atoms with Crippen molar-refractivity contribution >= 4 is 17.8 Å². The predicted molar refractivity (Wildman–Crippen MR) is 74.0 cm³/mol. The molecule has 7 heteroatoms. The molecule has 1 fully saturated rings. The molecule has 1 aromatic heterocycles. The maximum atomic E-state index is 11.6. The zero-order valence-electron chi connectivity index (χ0n) is 11.9. The molecule has 7 nitrogen and oxygen atoms in total. The molecule has 108 valence electrons. The van der Waals surface area contributed by atoms with Crippen molar-refractivity contribution < 1.29 is 9.59 Å². The van der Waals surface area contributed by atoms with Crippen LogP contribution in [0.3, 0.4) is 0 Å². The first-order valence-electron chi connectivity index (χ1n) is 6.62.